The molecule has 0 aromatic heterocycles. The van der Waals surface area contributed by atoms with E-state index >= 15 is 0 Å². The molecule has 43 heavy (non-hydrogen) atoms. The Kier molecular flexibility index (Phi) is 16.3. The van der Waals surface area contributed by atoms with Crippen LogP contribution in [0.25, 0.3) is 0 Å². The van der Waals surface area contributed by atoms with Gasteiger partial charge in [0.2, 0.25) is 0 Å². The molecular formula is C30H56O9Si4. The van der Waals surface area contributed by atoms with Crippen molar-refractivity contribution in [1.29, 1.82) is 0 Å². The van der Waals surface area contributed by atoms with E-state index < -0.39 is 63.5 Å². The van der Waals surface area contributed by atoms with Crippen LogP contribution in [-0.4, -0.2) is 67.0 Å². The lowest BCUT2D eigenvalue weighted by Crippen LogP contribution is -2.64. The second-order valence-corrected chi connectivity index (χ2v) is 29.2. The molecule has 246 valence electrons. The van der Waals surface area contributed by atoms with E-state index in [1.165, 1.54) is 0 Å². The van der Waals surface area contributed by atoms with Crippen LogP contribution in [0.4, 0.5) is 0 Å². The van der Waals surface area contributed by atoms with Crippen molar-refractivity contribution in [2.45, 2.75) is 123 Å². The number of hydrogen-bond acceptors (Lipinski definition) is 6. The molecule has 9 nitrogen and oxygen atoms in total. The van der Waals surface area contributed by atoms with Crippen molar-refractivity contribution in [3.63, 3.8) is 0 Å². The predicted molar refractivity (Wildman–Crippen MR) is 180 cm³/mol. The largest absolute Gasteiger partial charge is 0.481 e. The third-order valence-corrected chi connectivity index (χ3v) is 24.6. The minimum absolute atomic E-state index is 0.180. The van der Waals surface area contributed by atoms with Gasteiger partial charge in [-0.1, -0.05) is 69.9 Å². The van der Waals surface area contributed by atoms with Crippen LogP contribution in [0.15, 0.2) is 30.3 Å². The Hall–Kier alpha value is -1.62. The maximum atomic E-state index is 11.5. The molecule has 4 atom stereocenters. The number of carboxylic acids is 3. The van der Waals surface area contributed by atoms with Gasteiger partial charge in [-0.25, -0.2) is 0 Å². The summed E-state index contributed by atoms with van der Waals surface area (Å²) in [4.78, 5) is 33.8. The van der Waals surface area contributed by atoms with Crippen LogP contribution >= 0.6 is 0 Å². The highest BCUT2D eigenvalue weighted by atomic mass is 28.5. The molecule has 0 aliphatic heterocycles. The van der Waals surface area contributed by atoms with E-state index in [0.29, 0.717) is 31.7 Å². The maximum Gasteiger partial charge on any atom is 0.350 e. The zero-order valence-electron chi connectivity index (χ0n) is 27.6. The summed E-state index contributed by atoms with van der Waals surface area (Å²) < 4.78 is 21.4. The van der Waals surface area contributed by atoms with Crippen molar-refractivity contribution in [2.24, 2.45) is 11.8 Å². The van der Waals surface area contributed by atoms with E-state index in [2.05, 4.69) is 51.4 Å². The number of benzene rings is 1. The lowest BCUT2D eigenvalue weighted by molar-refractivity contribution is -0.142. The minimum atomic E-state index is -3.01. The van der Waals surface area contributed by atoms with Gasteiger partial charge in [0.1, 0.15) is 0 Å². The second-order valence-electron chi connectivity index (χ2n) is 13.5. The minimum Gasteiger partial charge on any atom is -0.481 e. The summed E-state index contributed by atoms with van der Waals surface area (Å²) in [6, 6.07) is 12.4. The van der Waals surface area contributed by atoms with Crippen molar-refractivity contribution in [1.82, 2.24) is 0 Å². The monoisotopic (exact) mass is 672 g/mol. The highest BCUT2D eigenvalue weighted by molar-refractivity contribution is 6.95. The molecule has 0 amide bonds. The van der Waals surface area contributed by atoms with E-state index in [1.807, 2.05) is 18.2 Å². The lowest BCUT2D eigenvalue weighted by atomic mass is 10.1. The molecule has 0 aliphatic carbocycles. The molecule has 0 radical (unpaired) electrons. The quantitative estimate of drug-likeness (QED) is 0.0817. The molecule has 1 aromatic rings. The van der Waals surface area contributed by atoms with E-state index in [9.17, 15) is 24.6 Å². The third-order valence-electron chi connectivity index (χ3n) is 7.87. The van der Waals surface area contributed by atoms with Gasteiger partial charge in [-0.3, -0.25) is 14.4 Å². The SMILES string of the molecule is CC(CCC[Si](C)(C)O[Si](C)(CCCC(C)C(=O)O)O[Si](C)(O[Si](C)(C)CCCCCC(=O)O)c1ccccc1)C(=O)O. The number of carbonyl (C=O) groups is 3. The summed E-state index contributed by atoms with van der Waals surface area (Å²) in [6.07, 6.45) is 5.13. The second kappa shape index (κ2) is 17.8. The van der Waals surface area contributed by atoms with Gasteiger partial charge in [0.15, 0.2) is 16.6 Å². The molecule has 0 saturated carbocycles. The zero-order chi connectivity index (χ0) is 32.9. The Morgan fingerprint density at radius 3 is 1.65 bits per heavy atom. The predicted octanol–water partition coefficient (Wildman–Crippen LogP) is 7.14. The van der Waals surface area contributed by atoms with E-state index in [4.69, 9.17) is 17.5 Å². The molecule has 0 heterocycles. The standard InChI is InChI=1S/C30H56O9Si4/c1-25(29(33)34)17-15-23-40(3,4)37-42(7,24-16-18-26(2)30(35)36)39-43(8,27-19-11-9-12-20-27)38-41(5,6)22-14-10-13-21-28(31)32/h9,11-12,19-20,25-26H,10,13-18,21-24H2,1-8H3,(H,31,32)(H,33,34)(H,35,36). The van der Waals surface area contributed by atoms with E-state index in [1.54, 1.807) is 13.8 Å². The average Bonchev–Trinajstić information content (AvgIpc) is 2.87. The Morgan fingerprint density at radius 2 is 1.14 bits per heavy atom. The van der Waals surface area contributed by atoms with Gasteiger partial charge in [0, 0.05) is 6.42 Å². The highest BCUT2D eigenvalue weighted by Crippen LogP contribution is 2.32. The highest BCUT2D eigenvalue weighted by Gasteiger charge is 2.49. The van der Waals surface area contributed by atoms with Crippen LogP contribution in [0.2, 0.25) is 57.4 Å². The lowest BCUT2D eigenvalue weighted by Gasteiger charge is -2.44. The topological polar surface area (TPSA) is 140 Å². The Balaban J connectivity index is 3.26. The van der Waals surface area contributed by atoms with Crippen molar-refractivity contribution in [3.05, 3.63) is 30.3 Å². The first-order valence-electron chi connectivity index (χ1n) is 15.6. The molecule has 0 fully saturated rings. The molecule has 13 heteroatoms. The van der Waals surface area contributed by atoms with Gasteiger partial charge in [-0.2, -0.15) is 0 Å². The number of unbranched alkanes of at least 4 members (excludes halogenated alkanes) is 2. The Bertz CT molecular complexity index is 1020. The Labute approximate surface area is 263 Å². The van der Waals surface area contributed by atoms with Crippen LogP contribution < -0.4 is 5.19 Å². The number of hydrogen-bond donors (Lipinski definition) is 3. The number of carboxylic acid groups (broad SMARTS) is 3. The van der Waals surface area contributed by atoms with Crippen LogP contribution in [-0.2, 0) is 26.7 Å². The molecule has 0 spiro atoms. The smallest absolute Gasteiger partial charge is 0.350 e. The summed E-state index contributed by atoms with van der Waals surface area (Å²) >= 11 is 0. The average molecular weight is 673 g/mol. The molecule has 3 N–H and O–H groups in total. The summed E-state index contributed by atoms with van der Waals surface area (Å²) in [5, 5.41) is 28.7. The van der Waals surface area contributed by atoms with E-state index in [-0.39, 0.29) is 6.42 Å². The fourth-order valence-electron chi connectivity index (χ4n) is 5.44. The molecule has 0 bridgehead atoms. The van der Waals surface area contributed by atoms with Crippen molar-refractivity contribution in [3.8, 4) is 0 Å². The number of rotatable bonds is 23. The summed E-state index contributed by atoms with van der Waals surface area (Å²) in [5.41, 5.74) is 0. The van der Waals surface area contributed by atoms with Gasteiger partial charge >= 0.3 is 35.0 Å². The van der Waals surface area contributed by atoms with E-state index in [0.717, 1.165) is 36.5 Å². The molecule has 4 unspecified atom stereocenters. The number of aliphatic carboxylic acids is 3. The summed E-state index contributed by atoms with van der Waals surface area (Å²) in [6.45, 7) is 16.3. The van der Waals surface area contributed by atoms with Gasteiger partial charge in [-0.15, -0.1) is 0 Å². The van der Waals surface area contributed by atoms with Crippen LogP contribution in [0.3, 0.4) is 0 Å². The van der Waals surface area contributed by atoms with Gasteiger partial charge in [0.25, 0.3) is 0 Å². The van der Waals surface area contributed by atoms with Gasteiger partial charge < -0.3 is 27.7 Å². The van der Waals surface area contributed by atoms with Crippen LogP contribution in [0.5, 0.6) is 0 Å². The van der Waals surface area contributed by atoms with Crippen LogP contribution in [0, 0.1) is 11.8 Å². The van der Waals surface area contributed by atoms with Crippen molar-refractivity contribution >= 4 is 56.9 Å². The van der Waals surface area contributed by atoms with Gasteiger partial charge in [0.05, 0.1) is 11.8 Å². The maximum absolute atomic E-state index is 11.5. The molecular weight excluding hydrogens is 617 g/mol. The first-order valence-corrected chi connectivity index (χ1v) is 26.7. The third kappa shape index (κ3) is 15.8. The fraction of sp³-hybridized carbons (Fsp3) is 0.700. The molecule has 1 rings (SSSR count). The molecule has 0 aliphatic rings. The molecule has 1 aromatic carbocycles. The Morgan fingerprint density at radius 1 is 0.651 bits per heavy atom. The van der Waals surface area contributed by atoms with Crippen molar-refractivity contribution < 1.29 is 42.0 Å². The normalized spacial score (nSPS) is 16.6. The van der Waals surface area contributed by atoms with Gasteiger partial charge in [-0.05, 0) is 81.9 Å². The first kappa shape index (κ1) is 39.4. The molecule has 0 saturated heterocycles. The fourth-order valence-corrected chi connectivity index (χ4v) is 25.1. The van der Waals surface area contributed by atoms with Crippen molar-refractivity contribution in [2.75, 3.05) is 0 Å². The van der Waals surface area contributed by atoms with Crippen LogP contribution in [0.1, 0.15) is 65.2 Å². The summed E-state index contributed by atoms with van der Waals surface area (Å²) in [5.74, 6) is -3.22. The summed E-state index contributed by atoms with van der Waals surface area (Å²) in [7, 11) is -10.4. The zero-order valence-corrected chi connectivity index (χ0v) is 31.6. The first-order chi connectivity index (χ1) is 19.8.